The minimum Gasteiger partial charge on any atom is -0.461 e. The summed E-state index contributed by atoms with van der Waals surface area (Å²) in [7, 11) is 1.80. The molecule has 11 nitrogen and oxygen atoms in total. The number of pyridine rings is 1. The lowest BCUT2D eigenvalue weighted by atomic mass is 9.90. The lowest BCUT2D eigenvalue weighted by Crippen LogP contribution is -2.42. The number of nitrogens with one attached hydrogen (secondary N) is 2. The molecule has 1 aliphatic carbocycles. The van der Waals surface area contributed by atoms with Crippen molar-refractivity contribution in [3.05, 3.63) is 75.0 Å². The van der Waals surface area contributed by atoms with Crippen LogP contribution in [0.15, 0.2) is 36.3 Å². The number of esters is 1. The Hall–Kier alpha value is -4.00. The van der Waals surface area contributed by atoms with Crippen molar-refractivity contribution < 1.29 is 19.4 Å². The van der Waals surface area contributed by atoms with Crippen LogP contribution in [0, 0.1) is 5.41 Å². The number of ether oxygens (including phenoxy) is 1. The van der Waals surface area contributed by atoms with Gasteiger partial charge in [-0.3, -0.25) is 14.5 Å². The number of aliphatic hydroxyl groups is 1. The molecule has 12 heteroatoms. The first-order chi connectivity index (χ1) is 21.1. The van der Waals surface area contributed by atoms with E-state index in [1.54, 1.807) is 34.4 Å². The fourth-order valence-electron chi connectivity index (χ4n) is 6.75. The molecule has 0 aromatic carbocycles. The molecule has 0 fully saturated rings. The van der Waals surface area contributed by atoms with Gasteiger partial charge in [0, 0.05) is 80.7 Å². The third-order valence-electron chi connectivity index (χ3n) is 8.82. The summed E-state index contributed by atoms with van der Waals surface area (Å²) in [4.78, 5) is 40.0. The first-order valence-corrected chi connectivity index (χ1v) is 15.8. The molecule has 3 aliphatic heterocycles. The molecule has 1 atom stereocenters. The van der Waals surface area contributed by atoms with Crippen LogP contribution < -0.4 is 15.5 Å². The molecule has 1 amide bonds. The van der Waals surface area contributed by atoms with E-state index in [1.807, 2.05) is 24.4 Å². The highest BCUT2D eigenvalue weighted by molar-refractivity contribution is 7.15. The van der Waals surface area contributed by atoms with Gasteiger partial charge in [0.2, 0.25) is 0 Å². The van der Waals surface area contributed by atoms with E-state index >= 15 is 0 Å². The number of nitrogens with zero attached hydrogens (tertiary/aromatic N) is 5. The van der Waals surface area contributed by atoms with E-state index < -0.39 is 12.2 Å². The topological polar surface area (TPSA) is 125 Å². The molecule has 3 aromatic heterocycles. The smallest absolute Gasteiger partial charge is 0.302 e. The van der Waals surface area contributed by atoms with E-state index in [2.05, 4.69) is 34.0 Å². The number of likely N-dealkylation sites (N-methyl/N-ethyl adjacent to an activating group) is 1. The largest absolute Gasteiger partial charge is 0.461 e. The predicted molar refractivity (Wildman–Crippen MR) is 168 cm³/mol. The molecule has 3 aromatic rings. The van der Waals surface area contributed by atoms with Crippen LogP contribution in [-0.4, -0.2) is 62.8 Å². The zero-order chi connectivity index (χ0) is 30.7. The Morgan fingerprint density at radius 2 is 2.14 bits per heavy atom. The first kappa shape index (κ1) is 28.8. The Balaban J connectivity index is 1.24. The van der Waals surface area contributed by atoms with E-state index in [4.69, 9.17) is 9.72 Å². The van der Waals surface area contributed by atoms with Gasteiger partial charge in [0.25, 0.3) is 5.91 Å². The van der Waals surface area contributed by atoms with Crippen molar-refractivity contribution in [3.63, 3.8) is 0 Å². The Labute approximate surface area is 260 Å². The molecule has 7 rings (SSSR count). The average molecular weight is 616 g/mol. The van der Waals surface area contributed by atoms with E-state index in [0.717, 1.165) is 54.3 Å². The number of carbonyl (C=O) groups is 2. The van der Waals surface area contributed by atoms with Gasteiger partial charge in [-0.1, -0.05) is 13.8 Å². The van der Waals surface area contributed by atoms with Crippen LogP contribution >= 0.6 is 11.3 Å². The normalized spacial score (nSPS) is 20.5. The number of rotatable bonds is 6. The molecule has 0 saturated heterocycles. The van der Waals surface area contributed by atoms with Crippen LogP contribution in [0.3, 0.4) is 0 Å². The molecular formula is C32H37N7O4S. The van der Waals surface area contributed by atoms with Crippen LogP contribution in [0.2, 0.25) is 0 Å². The lowest BCUT2D eigenvalue weighted by molar-refractivity contribution is -0.142. The SMILES string of the molecule is CC(=O)OCc1c(C2=CN(C)C(O)C(Nc3nc4c(s3)CNCC4)=C2)ccnc1N1CCn2c(cc3c2CC(C)(C)C3)C1=O. The predicted octanol–water partition coefficient (Wildman–Crippen LogP) is 3.43. The number of anilines is 2. The number of amides is 1. The Bertz CT molecular complexity index is 1710. The molecule has 0 spiro atoms. The van der Waals surface area contributed by atoms with Crippen molar-refractivity contribution in [1.82, 2.24) is 24.8 Å². The molecule has 0 bridgehead atoms. The van der Waals surface area contributed by atoms with E-state index in [0.29, 0.717) is 35.9 Å². The minimum atomic E-state index is -0.903. The second-order valence-electron chi connectivity index (χ2n) is 12.7. The summed E-state index contributed by atoms with van der Waals surface area (Å²) in [5, 5.41) is 18.5. The summed E-state index contributed by atoms with van der Waals surface area (Å²) >= 11 is 1.58. The van der Waals surface area contributed by atoms with E-state index in [-0.39, 0.29) is 17.9 Å². The van der Waals surface area contributed by atoms with E-state index in [9.17, 15) is 14.7 Å². The fourth-order valence-corrected chi connectivity index (χ4v) is 7.75. The summed E-state index contributed by atoms with van der Waals surface area (Å²) in [6.07, 6.45) is 7.29. The zero-order valence-electron chi connectivity index (χ0n) is 25.4. The van der Waals surface area contributed by atoms with E-state index in [1.165, 1.54) is 23.1 Å². The van der Waals surface area contributed by atoms with Crippen molar-refractivity contribution in [1.29, 1.82) is 0 Å². The molecule has 0 saturated carbocycles. The third-order valence-corrected chi connectivity index (χ3v) is 9.83. The number of thiazole rings is 1. The summed E-state index contributed by atoms with van der Waals surface area (Å²) < 4.78 is 7.69. The number of aliphatic hydroxyl groups excluding tert-OH is 1. The molecule has 230 valence electrons. The number of aromatic nitrogens is 3. The summed E-state index contributed by atoms with van der Waals surface area (Å²) in [6, 6.07) is 3.90. The standard InChI is InChI=1S/C32H37N7O4S/c1-18(40)43-17-22-21(20-11-24(29(41)37(4)16-20)36-31-35-23-6-7-33-15-27(23)44-31)5-8-34-28(22)39-10-9-38-25(30(39)42)12-19-13-32(2,3)14-26(19)38/h5,8,11-12,16,29,33,41H,6-7,9-10,13-15,17H2,1-4H3,(H,35,36). The van der Waals surface area contributed by atoms with Gasteiger partial charge in [0.1, 0.15) is 18.1 Å². The molecule has 1 unspecified atom stereocenters. The third kappa shape index (κ3) is 5.10. The van der Waals surface area contributed by atoms with Crippen molar-refractivity contribution in [2.24, 2.45) is 5.41 Å². The summed E-state index contributed by atoms with van der Waals surface area (Å²) in [5.74, 6) is -0.0595. The fraction of sp³-hybridized carbons (Fsp3) is 0.438. The quantitative estimate of drug-likeness (QED) is 0.358. The van der Waals surface area contributed by atoms with Crippen LogP contribution in [-0.2, 0) is 48.5 Å². The van der Waals surface area contributed by atoms with Crippen molar-refractivity contribution in [2.75, 3.05) is 30.4 Å². The van der Waals surface area contributed by atoms with Gasteiger partial charge in [-0.05, 0) is 47.6 Å². The molecule has 4 aliphatic rings. The monoisotopic (exact) mass is 615 g/mol. The zero-order valence-corrected chi connectivity index (χ0v) is 26.3. The molecular weight excluding hydrogens is 578 g/mol. The number of allylic oxidation sites excluding steroid dienone is 2. The average Bonchev–Trinajstić information content (AvgIpc) is 3.64. The summed E-state index contributed by atoms with van der Waals surface area (Å²) in [5.41, 5.74) is 7.21. The maximum atomic E-state index is 14.0. The highest BCUT2D eigenvalue weighted by atomic mass is 32.1. The minimum absolute atomic E-state index is 0.0459. The Morgan fingerprint density at radius 1 is 1.30 bits per heavy atom. The van der Waals surface area contributed by atoms with Crippen LogP contribution in [0.1, 0.15) is 64.2 Å². The van der Waals surface area contributed by atoms with Gasteiger partial charge in [-0.15, -0.1) is 11.3 Å². The van der Waals surface area contributed by atoms with Crippen molar-refractivity contribution in [3.8, 4) is 0 Å². The first-order valence-electron chi connectivity index (χ1n) is 15.0. The molecule has 3 N–H and O–H groups in total. The molecule has 0 radical (unpaired) electrons. The number of fused-ring (bicyclic) bond motifs is 4. The van der Waals surface area contributed by atoms with Gasteiger partial charge < -0.3 is 29.9 Å². The highest BCUT2D eigenvalue weighted by Crippen LogP contribution is 2.40. The van der Waals surface area contributed by atoms with Crippen LogP contribution in [0.4, 0.5) is 10.9 Å². The second kappa shape index (κ2) is 10.9. The van der Waals surface area contributed by atoms with Crippen LogP contribution in [0.25, 0.3) is 5.57 Å². The van der Waals surface area contributed by atoms with Gasteiger partial charge in [-0.2, -0.15) is 0 Å². The maximum Gasteiger partial charge on any atom is 0.302 e. The highest BCUT2D eigenvalue weighted by Gasteiger charge is 2.38. The Morgan fingerprint density at radius 3 is 2.93 bits per heavy atom. The molecule has 6 heterocycles. The van der Waals surface area contributed by atoms with Gasteiger partial charge in [0.15, 0.2) is 11.4 Å². The second-order valence-corrected chi connectivity index (χ2v) is 13.8. The number of hydrogen-bond acceptors (Lipinski definition) is 10. The number of carbonyl (C=O) groups excluding carboxylic acids is 2. The lowest BCUT2D eigenvalue weighted by Gasteiger charge is -2.32. The number of hydrogen-bond donors (Lipinski definition) is 3. The van der Waals surface area contributed by atoms with Gasteiger partial charge in [0.05, 0.1) is 11.4 Å². The Kier molecular flexibility index (Phi) is 7.10. The van der Waals surface area contributed by atoms with Crippen molar-refractivity contribution in [2.45, 2.75) is 66.0 Å². The van der Waals surface area contributed by atoms with Crippen molar-refractivity contribution >= 4 is 39.7 Å². The maximum absolute atomic E-state index is 14.0. The van der Waals surface area contributed by atoms with Gasteiger partial charge in [-0.25, -0.2) is 9.97 Å². The summed E-state index contributed by atoms with van der Waals surface area (Å²) in [6.45, 7) is 8.68. The van der Waals surface area contributed by atoms with Gasteiger partial charge >= 0.3 is 5.97 Å². The van der Waals surface area contributed by atoms with Crippen LogP contribution in [0.5, 0.6) is 0 Å². The molecule has 44 heavy (non-hydrogen) atoms.